The number of nitrogens with zero attached hydrogens (tertiary/aromatic N) is 1. The summed E-state index contributed by atoms with van der Waals surface area (Å²) in [6.07, 6.45) is -6.17. The highest BCUT2D eigenvalue weighted by atomic mass is 19.4. The number of hydrogen-bond donors (Lipinski definition) is 1. The maximum absolute atomic E-state index is 12.8. The third kappa shape index (κ3) is 3.49. The van der Waals surface area contributed by atoms with Crippen molar-refractivity contribution in [2.45, 2.75) is 25.2 Å². The fourth-order valence-corrected chi connectivity index (χ4v) is 2.45. The molecular weight excluding hydrogens is 303 g/mol. The Morgan fingerprint density at radius 2 is 1.91 bits per heavy atom. The summed E-state index contributed by atoms with van der Waals surface area (Å²) in [5, 5.41) is 9.00. The van der Waals surface area contributed by atoms with Crippen LogP contribution in [-0.4, -0.2) is 40.8 Å². The van der Waals surface area contributed by atoms with Gasteiger partial charge in [-0.05, 0) is 12.0 Å². The molecule has 0 saturated carbocycles. The van der Waals surface area contributed by atoms with E-state index in [0.29, 0.717) is 10.5 Å². The number of likely N-dealkylation sites (tertiary alicyclic amines) is 1. The molecular formula is C14H14F3NO4. The SMILES string of the molecule is O=C(O)[C@@H]1[C@H](C(F)(F)F)CCN1C(=O)OCc1ccccc1. The zero-order valence-electron chi connectivity index (χ0n) is 11.4. The predicted octanol–water partition coefficient (Wildman–Crippen LogP) is 2.66. The maximum atomic E-state index is 12.8. The van der Waals surface area contributed by atoms with Gasteiger partial charge in [0.05, 0.1) is 5.92 Å². The molecule has 22 heavy (non-hydrogen) atoms. The number of hydrogen-bond acceptors (Lipinski definition) is 3. The molecule has 1 fully saturated rings. The van der Waals surface area contributed by atoms with Crippen LogP contribution >= 0.6 is 0 Å². The first-order chi connectivity index (χ1) is 10.3. The van der Waals surface area contributed by atoms with Gasteiger partial charge >= 0.3 is 18.2 Å². The quantitative estimate of drug-likeness (QED) is 0.931. The largest absolute Gasteiger partial charge is 0.480 e. The Morgan fingerprint density at radius 1 is 1.27 bits per heavy atom. The van der Waals surface area contributed by atoms with E-state index in [1.807, 2.05) is 0 Å². The van der Waals surface area contributed by atoms with E-state index in [9.17, 15) is 22.8 Å². The molecule has 1 aliphatic rings. The van der Waals surface area contributed by atoms with Gasteiger partial charge < -0.3 is 9.84 Å². The summed E-state index contributed by atoms with van der Waals surface area (Å²) in [4.78, 5) is 23.6. The van der Waals surface area contributed by atoms with Gasteiger partial charge in [-0.15, -0.1) is 0 Å². The molecule has 0 spiro atoms. The maximum Gasteiger partial charge on any atom is 0.410 e. The van der Waals surface area contributed by atoms with E-state index in [1.54, 1.807) is 30.3 Å². The van der Waals surface area contributed by atoms with Crippen LogP contribution in [0.2, 0.25) is 0 Å². The van der Waals surface area contributed by atoms with Crippen LogP contribution in [0.1, 0.15) is 12.0 Å². The lowest BCUT2D eigenvalue weighted by Crippen LogP contribution is -2.46. The molecule has 0 aromatic heterocycles. The van der Waals surface area contributed by atoms with Gasteiger partial charge in [0, 0.05) is 6.54 Å². The number of halogens is 3. The number of carboxylic acid groups (broad SMARTS) is 1. The molecule has 0 bridgehead atoms. The minimum atomic E-state index is -4.67. The van der Waals surface area contributed by atoms with E-state index < -0.39 is 36.6 Å². The molecule has 0 radical (unpaired) electrons. The summed E-state index contributed by atoms with van der Waals surface area (Å²) in [5.74, 6) is -3.76. The van der Waals surface area contributed by atoms with E-state index in [2.05, 4.69) is 0 Å². The second-order valence-corrected chi connectivity index (χ2v) is 4.95. The molecule has 0 unspecified atom stereocenters. The molecule has 2 rings (SSSR count). The van der Waals surface area contributed by atoms with Crippen LogP contribution in [0, 0.1) is 5.92 Å². The molecule has 1 aliphatic heterocycles. The molecule has 1 N–H and O–H groups in total. The van der Waals surface area contributed by atoms with Gasteiger partial charge in [-0.25, -0.2) is 9.59 Å². The van der Waals surface area contributed by atoms with Gasteiger partial charge in [-0.2, -0.15) is 13.2 Å². The Kier molecular flexibility index (Phi) is 4.58. The smallest absolute Gasteiger partial charge is 0.410 e. The Hall–Kier alpha value is -2.25. The highest BCUT2D eigenvalue weighted by Crippen LogP contribution is 2.38. The second kappa shape index (κ2) is 6.25. The Balaban J connectivity index is 2.04. The van der Waals surface area contributed by atoms with Crippen LogP contribution in [0.3, 0.4) is 0 Å². The molecule has 1 amide bonds. The van der Waals surface area contributed by atoms with Crippen molar-refractivity contribution in [2.24, 2.45) is 5.92 Å². The van der Waals surface area contributed by atoms with E-state index in [1.165, 1.54) is 0 Å². The lowest BCUT2D eigenvalue weighted by Gasteiger charge is -2.25. The van der Waals surface area contributed by atoms with Crippen molar-refractivity contribution < 1.29 is 32.6 Å². The average molecular weight is 317 g/mol. The van der Waals surface area contributed by atoms with Gasteiger partial charge in [0.1, 0.15) is 12.6 Å². The first kappa shape index (κ1) is 16.1. The van der Waals surface area contributed by atoms with Crippen molar-refractivity contribution in [1.82, 2.24) is 4.90 Å². The number of ether oxygens (including phenoxy) is 1. The lowest BCUT2D eigenvalue weighted by atomic mass is 10.0. The van der Waals surface area contributed by atoms with Crippen LogP contribution in [0.5, 0.6) is 0 Å². The molecule has 1 saturated heterocycles. The first-order valence-electron chi connectivity index (χ1n) is 6.57. The third-order valence-electron chi connectivity index (χ3n) is 3.51. The van der Waals surface area contributed by atoms with Crippen LogP contribution in [0.15, 0.2) is 30.3 Å². The minimum absolute atomic E-state index is 0.126. The molecule has 1 aromatic carbocycles. The highest BCUT2D eigenvalue weighted by molar-refractivity contribution is 5.81. The van der Waals surface area contributed by atoms with Crippen molar-refractivity contribution in [3.63, 3.8) is 0 Å². The molecule has 120 valence electrons. The normalized spacial score (nSPS) is 21.7. The number of rotatable bonds is 3. The van der Waals surface area contributed by atoms with Crippen LogP contribution in [0.25, 0.3) is 0 Å². The van der Waals surface area contributed by atoms with E-state index in [-0.39, 0.29) is 13.2 Å². The summed E-state index contributed by atoms with van der Waals surface area (Å²) in [5.41, 5.74) is 0.661. The van der Waals surface area contributed by atoms with Crippen LogP contribution in [0.4, 0.5) is 18.0 Å². The van der Waals surface area contributed by atoms with E-state index in [0.717, 1.165) is 0 Å². The lowest BCUT2D eigenvalue weighted by molar-refractivity contribution is -0.187. The molecule has 5 nitrogen and oxygen atoms in total. The highest BCUT2D eigenvalue weighted by Gasteiger charge is 2.55. The van der Waals surface area contributed by atoms with Gasteiger partial charge in [-0.3, -0.25) is 4.90 Å². The number of alkyl halides is 3. The fraction of sp³-hybridized carbons (Fsp3) is 0.429. The summed E-state index contributed by atoms with van der Waals surface area (Å²) >= 11 is 0. The van der Waals surface area contributed by atoms with Gasteiger partial charge in [0.2, 0.25) is 0 Å². The van der Waals surface area contributed by atoms with E-state index >= 15 is 0 Å². The molecule has 0 aliphatic carbocycles. The van der Waals surface area contributed by atoms with Crippen LogP contribution in [-0.2, 0) is 16.1 Å². The van der Waals surface area contributed by atoms with Crippen molar-refractivity contribution in [2.75, 3.05) is 6.54 Å². The fourth-order valence-electron chi connectivity index (χ4n) is 2.45. The number of carbonyl (C=O) groups is 2. The third-order valence-corrected chi connectivity index (χ3v) is 3.51. The van der Waals surface area contributed by atoms with Crippen molar-refractivity contribution in [3.8, 4) is 0 Å². The molecule has 2 atom stereocenters. The van der Waals surface area contributed by atoms with Gasteiger partial charge in [0.15, 0.2) is 0 Å². The average Bonchev–Trinajstić information content (AvgIpc) is 2.91. The number of amides is 1. The van der Waals surface area contributed by atoms with E-state index in [4.69, 9.17) is 9.84 Å². The number of benzene rings is 1. The zero-order valence-corrected chi connectivity index (χ0v) is 11.4. The molecule has 8 heteroatoms. The summed E-state index contributed by atoms with van der Waals surface area (Å²) in [7, 11) is 0. The van der Waals surface area contributed by atoms with Crippen molar-refractivity contribution in [1.29, 1.82) is 0 Å². The number of aliphatic carboxylic acids is 1. The second-order valence-electron chi connectivity index (χ2n) is 4.95. The van der Waals surface area contributed by atoms with Crippen molar-refractivity contribution >= 4 is 12.1 Å². The monoisotopic (exact) mass is 317 g/mol. The van der Waals surface area contributed by atoms with Gasteiger partial charge in [0.25, 0.3) is 0 Å². The van der Waals surface area contributed by atoms with Crippen LogP contribution < -0.4 is 0 Å². The Labute approximate surface area is 124 Å². The predicted molar refractivity (Wildman–Crippen MR) is 68.9 cm³/mol. The Morgan fingerprint density at radius 3 is 2.45 bits per heavy atom. The van der Waals surface area contributed by atoms with Crippen molar-refractivity contribution in [3.05, 3.63) is 35.9 Å². The standard InChI is InChI=1S/C14H14F3NO4/c15-14(16,17)10-6-7-18(11(10)12(19)20)13(21)22-8-9-4-2-1-3-5-9/h1-5,10-11H,6-8H2,(H,19,20)/t10-,11+/m1/s1. The number of carbonyl (C=O) groups excluding carboxylic acids is 1. The van der Waals surface area contributed by atoms with Gasteiger partial charge in [-0.1, -0.05) is 30.3 Å². The topological polar surface area (TPSA) is 66.8 Å². The molecule has 1 heterocycles. The molecule has 1 aromatic rings. The summed E-state index contributed by atoms with van der Waals surface area (Å²) in [6.45, 7) is -0.423. The number of carboxylic acids is 1. The summed E-state index contributed by atoms with van der Waals surface area (Å²) in [6, 6.07) is 6.63. The minimum Gasteiger partial charge on any atom is -0.480 e. The zero-order chi connectivity index (χ0) is 16.3. The Bertz CT molecular complexity index is 547. The summed E-state index contributed by atoms with van der Waals surface area (Å²) < 4.78 is 43.4. The first-order valence-corrected chi connectivity index (χ1v) is 6.57.